The number of rotatable bonds is 8. The number of hydrogen-bond donors (Lipinski definition) is 0. The van der Waals surface area contributed by atoms with Crippen LogP contribution in [0.5, 0.6) is 0 Å². The molecule has 4 amide bonds. The summed E-state index contributed by atoms with van der Waals surface area (Å²) in [6.07, 6.45) is 6.57. The molecule has 0 N–H and O–H groups in total. The van der Waals surface area contributed by atoms with Crippen molar-refractivity contribution in [3.63, 3.8) is 0 Å². The lowest BCUT2D eigenvalue weighted by Crippen LogP contribution is -2.39. The first-order valence-electron chi connectivity index (χ1n) is 19.1. The van der Waals surface area contributed by atoms with Gasteiger partial charge in [0.2, 0.25) is 0 Å². The molecule has 8 rings (SSSR count). The highest BCUT2D eigenvalue weighted by Crippen LogP contribution is 2.51. The van der Waals surface area contributed by atoms with Gasteiger partial charge in [-0.15, -0.1) is 0 Å². The maximum atomic E-state index is 13.4. The molecule has 0 aromatic heterocycles. The number of carbonyl (C=O) groups excluding carboxylic acids is 5. The number of methoxy groups -OCH3 is 2. The van der Waals surface area contributed by atoms with Crippen LogP contribution >= 0.6 is 0 Å². The van der Waals surface area contributed by atoms with Crippen molar-refractivity contribution in [3.8, 4) is 0 Å². The average Bonchev–Trinajstić information content (AvgIpc) is 3.97. The fraction of sp³-hybridized carbons (Fsp3) is 0.432. The molecule has 0 bridgehead atoms. The molecule has 3 aliphatic heterocycles. The quantitative estimate of drug-likeness (QED) is 0.238. The van der Waals surface area contributed by atoms with Crippen LogP contribution in [0.3, 0.4) is 0 Å². The van der Waals surface area contributed by atoms with Crippen LogP contribution in [0.15, 0.2) is 95.5 Å². The lowest BCUT2D eigenvalue weighted by Gasteiger charge is -2.27. The first-order chi connectivity index (χ1) is 27.2. The van der Waals surface area contributed by atoms with Crippen LogP contribution in [0.25, 0.3) is 0 Å². The van der Waals surface area contributed by atoms with Crippen molar-refractivity contribution in [3.05, 3.63) is 118 Å². The molecule has 13 nitrogen and oxygen atoms in total. The van der Waals surface area contributed by atoms with Crippen LogP contribution < -0.4 is 0 Å². The third-order valence-corrected chi connectivity index (χ3v) is 11.2. The van der Waals surface area contributed by atoms with Crippen LogP contribution in [0.4, 0.5) is 4.79 Å². The third kappa shape index (κ3) is 7.53. The van der Waals surface area contributed by atoms with Crippen molar-refractivity contribution in [1.82, 2.24) is 14.7 Å². The number of Topliss-reactive ketones (excluding diaryl/α,β-unsaturated/α-hetero) is 1. The van der Waals surface area contributed by atoms with E-state index in [1.807, 2.05) is 36.4 Å². The number of ketones is 1. The molecule has 6 atom stereocenters. The fourth-order valence-corrected chi connectivity index (χ4v) is 8.66. The Balaban J connectivity index is 0.000000179. The zero-order valence-corrected chi connectivity index (χ0v) is 33.4. The van der Waals surface area contributed by atoms with Crippen molar-refractivity contribution >= 4 is 29.6 Å². The molecular weight excluding hydrogens is 730 g/mol. The molecule has 0 radical (unpaired) electrons. The number of carbonyl (C=O) groups is 5. The Hall–Kier alpha value is -5.53. The van der Waals surface area contributed by atoms with Gasteiger partial charge in [0, 0.05) is 49.2 Å². The van der Waals surface area contributed by atoms with Crippen molar-refractivity contribution in [2.75, 3.05) is 27.7 Å². The van der Waals surface area contributed by atoms with Gasteiger partial charge < -0.3 is 23.7 Å². The predicted octanol–water partition coefficient (Wildman–Crippen LogP) is 5.83. The van der Waals surface area contributed by atoms with Crippen LogP contribution in [-0.4, -0.2) is 90.0 Å². The highest BCUT2D eigenvalue weighted by molar-refractivity contribution is 6.06. The molecule has 6 unspecified atom stereocenters. The summed E-state index contributed by atoms with van der Waals surface area (Å²) in [6, 6.07) is 15.7. The fourth-order valence-electron chi connectivity index (χ4n) is 8.66. The first-order valence-corrected chi connectivity index (χ1v) is 19.1. The zero-order valence-electron chi connectivity index (χ0n) is 33.4. The summed E-state index contributed by atoms with van der Waals surface area (Å²) in [4.78, 5) is 67.4. The predicted molar refractivity (Wildman–Crippen MR) is 206 cm³/mol. The third-order valence-electron chi connectivity index (χ3n) is 11.2. The monoisotopic (exact) mass is 779 g/mol. The van der Waals surface area contributed by atoms with Crippen molar-refractivity contribution in [1.29, 1.82) is 0 Å². The molecule has 0 spiro atoms. The van der Waals surface area contributed by atoms with Crippen LogP contribution in [0.1, 0.15) is 75.3 Å². The average molecular weight is 780 g/mol. The molecular formula is C44H49N3O10. The van der Waals surface area contributed by atoms with E-state index in [9.17, 15) is 24.0 Å². The SMILES string of the molecule is COCN1C(=O)C(C)=CC1O/C=C1/C(=O)CC2c3ccccc3CC12.COCN1C(=O)C(C)=CC1O/C=C1/C(=O)N(C(=O)OC(C)(C)C)C2c3ccccc3CC12. The van der Waals surface area contributed by atoms with Crippen molar-refractivity contribution in [2.24, 2.45) is 11.8 Å². The molecule has 1 saturated carbocycles. The summed E-state index contributed by atoms with van der Waals surface area (Å²) >= 11 is 0. The Morgan fingerprint density at radius 1 is 0.684 bits per heavy atom. The van der Waals surface area contributed by atoms with Crippen LogP contribution in [0.2, 0.25) is 0 Å². The van der Waals surface area contributed by atoms with Crippen LogP contribution in [0, 0.1) is 11.8 Å². The van der Waals surface area contributed by atoms with Gasteiger partial charge in [0.1, 0.15) is 19.1 Å². The van der Waals surface area contributed by atoms with Gasteiger partial charge in [-0.3, -0.25) is 29.0 Å². The lowest BCUT2D eigenvalue weighted by atomic mass is 9.95. The van der Waals surface area contributed by atoms with Crippen molar-refractivity contribution < 1.29 is 47.7 Å². The second-order valence-corrected chi connectivity index (χ2v) is 16.1. The smallest absolute Gasteiger partial charge is 0.417 e. The van der Waals surface area contributed by atoms with Gasteiger partial charge in [-0.2, -0.15) is 0 Å². The minimum absolute atomic E-state index is 0.0655. The number of hydrogen-bond acceptors (Lipinski definition) is 10. The second kappa shape index (κ2) is 15.8. The normalized spacial score (nSPS) is 27.3. The summed E-state index contributed by atoms with van der Waals surface area (Å²) < 4.78 is 27.5. The minimum Gasteiger partial charge on any atom is -0.474 e. The van der Waals surface area contributed by atoms with E-state index in [1.54, 1.807) is 53.0 Å². The van der Waals surface area contributed by atoms with Gasteiger partial charge in [0.05, 0.1) is 24.1 Å². The molecule has 57 heavy (non-hydrogen) atoms. The molecule has 300 valence electrons. The molecule has 13 heteroatoms. The summed E-state index contributed by atoms with van der Waals surface area (Å²) in [5.41, 5.74) is 6.20. The Morgan fingerprint density at radius 3 is 1.75 bits per heavy atom. The van der Waals surface area contributed by atoms with E-state index < -0.39 is 36.1 Å². The van der Waals surface area contributed by atoms with Gasteiger partial charge in [0.15, 0.2) is 18.2 Å². The molecule has 2 aromatic carbocycles. The zero-order chi connectivity index (χ0) is 40.8. The van der Waals surface area contributed by atoms with E-state index >= 15 is 0 Å². The van der Waals surface area contributed by atoms with Crippen LogP contribution in [-0.2, 0) is 55.7 Å². The number of benzene rings is 2. The van der Waals surface area contributed by atoms with E-state index in [1.165, 1.54) is 46.3 Å². The maximum Gasteiger partial charge on any atom is 0.417 e. The topological polar surface area (TPSA) is 141 Å². The number of likely N-dealkylation sites (tertiary alicyclic amines) is 1. The molecule has 1 saturated heterocycles. The first kappa shape index (κ1) is 39.7. The highest BCUT2D eigenvalue weighted by atomic mass is 16.6. The summed E-state index contributed by atoms with van der Waals surface area (Å²) in [6.45, 7) is 8.98. The molecule has 2 aromatic rings. The van der Waals surface area contributed by atoms with Gasteiger partial charge in [0.25, 0.3) is 17.7 Å². The maximum absolute atomic E-state index is 13.4. The van der Waals surface area contributed by atoms with E-state index in [2.05, 4.69) is 12.1 Å². The Bertz CT molecular complexity index is 2110. The van der Waals surface area contributed by atoms with E-state index in [0.717, 1.165) is 23.1 Å². The standard InChI is InChI=1S/C24H28N2O6.C20H21NO4/c1-14-10-19(25(13-30-5)21(14)27)31-12-18-17-11-15-8-6-7-9-16(15)20(17)26(22(18)28)23(29)32-24(2,3)4;1-12-7-19(21(11-24-2)20(12)23)25-10-17-15-8-13-5-3-4-6-14(13)16(15)9-18(17)22/h6-10,12,17,19-20H,11,13H2,1-5H3;3-7,10,15-16,19H,8-9,11H2,1-2H3/b18-12+;17-10+. The number of amides is 4. The van der Waals surface area contributed by atoms with Crippen molar-refractivity contribution in [2.45, 2.75) is 83.9 Å². The number of ether oxygens (including phenoxy) is 5. The van der Waals surface area contributed by atoms with Gasteiger partial charge in [-0.05, 0) is 87.8 Å². The molecule has 6 aliphatic rings. The lowest BCUT2D eigenvalue weighted by molar-refractivity contribution is -0.140. The summed E-state index contributed by atoms with van der Waals surface area (Å²) in [7, 11) is 3.04. The Morgan fingerprint density at radius 2 is 1.19 bits per heavy atom. The number of imide groups is 1. The number of fused-ring (bicyclic) bond motifs is 6. The van der Waals surface area contributed by atoms with E-state index in [-0.39, 0.29) is 48.8 Å². The minimum atomic E-state index is -0.735. The molecule has 3 heterocycles. The molecule has 3 aliphatic carbocycles. The Labute approximate surface area is 332 Å². The van der Waals surface area contributed by atoms with Gasteiger partial charge in [-0.1, -0.05) is 48.5 Å². The summed E-state index contributed by atoms with van der Waals surface area (Å²) in [5.74, 6) is -0.381. The Kier molecular flexibility index (Phi) is 11.0. The number of nitrogens with zero attached hydrogens (tertiary/aromatic N) is 3. The van der Waals surface area contributed by atoms with E-state index in [0.29, 0.717) is 29.6 Å². The number of allylic oxidation sites excluding steroid dienone is 1. The highest BCUT2D eigenvalue weighted by Gasteiger charge is 2.53. The molecule has 2 fully saturated rings. The van der Waals surface area contributed by atoms with Gasteiger partial charge in [-0.25, -0.2) is 9.69 Å². The summed E-state index contributed by atoms with van der Waals surface area (Å²) in [5, 5.41) is 0. The van der Waals surface area contributed by atoms with E-state index in [4.69, 9.17) is 23.7 Å². The largest absolute Gasteiger partial charge is 0.474 e. The van der Waals surface area contributed by atoms with Gasteiger partial charge >= 0.3 is 6.09 Å². The second-order valence-electron chi connectivity index (χ2n) is 16.1.